The molecule has 0 aromatic heterocycles. The Balaban J connectivity index is 2.24. The van der Waals surface area contributed by atoms with E-state index in [0.29, 0.717) is 6.42 Å². The predicted octanol–water partition coefficient (Wildman–Crippen LogP) is 3.35. The number of ether oxygens (including phenoxy) is 2. The van der Waals surface area contributed by atoms with E-state index in [-0.39, 0.29) is 6.61 Å². The van der Waals surface area contributed by atoms with E-state index in [4.69, 9.17) is 9.47 Å². The van der Waals surface area contributed by atoms with Crippen LogP contribution < -0.4 is 0 Å². The fourth-order valence-corrected chi connectivity index (χ4v) is 3.05. The van der Waals surface area contributed by atoms with Crippen molar-refractivity contribution in [3.05, 3.63) is 35.9 Å². The molecular formula is C19H29NO4. The van der Waals surface area contributed by atoms with Gasteiger partial charge in [0, 0.05) is 6.42 Å². The van der Waals surface area contributed by atoms with Gasteiger partial charge in [-0.1, -0.05) is 30.3 Å². The minimum absolute atomic E-state index is 0.270. The Morgan fingerprint density at radius 1 is 1.29 bits per heavy atom. The van der Waals surface area contributed by atoms with Gasteiger partial charge in [-0.05, 0) is 47.1 Å². The van der Waals surface area contributed by atoms with Gasteiger partial charge in [0.25, 0.3) is 0 Å². The van der Waals surface area contributed by atoms with Gasteiger partial charge in [-0.25, -0.2) is 4.79 Å². The van der Waals surface area contributed by atoms with E-state index in [0.717, 1.165) is 5.56 Å². The van der Waals surface area contributed by atoms with Crippen LogP contribution in [0.1, 0.15) is 47.1 Å². The normalized spacial score (nSPS) is 23.0. The molecule has 2 atom stereocenters. The molecule has 0 bridgehead atoms. The van der Waals surface area contributed by atoms with Crippen molar-refractivity contribution in [1.82, 2.24) is 4.90 Å². The van der Waals surface area contributed by atoms with Gasteiger partial charge in [0.15, 0.2) is 0 Å². The molecule has 1 aliphatic rings. The number of nitrogens with zero attached hydrogens (tertiary/aromatic N) is 1. The predicted molar refractivity (Wildman–Crippen MR) is 92.7 cm³/mol. The molecule has 1 aromatic carbocycles. The van der Waals surface area contributed by atoms with E-state index in [2.05, 4.69) is 0 Å². The molecule has 1 heterocycles. The van der Waals surface area contributed by atoms with Crippen LogP contribution in [0, 0.1) is 0 Å². The van der Waals surface area contributed by atoms with Crippen LogP contribution in [0.15, 0.2) is 30.3 Å². The number of benzene rings is 1. The number of carbonyl (C=O) groups is 1. The monoisotopic (exact) mass is 335 g/mol. The van der Waals surface area contributed by atoms with Crippen molar-refractivity contribution >= 4 is 6.09 Å². The lowest BCUT2D eigenvalue weighted by Crippen LogP contribution is -2.58. The second kappa shape index (κ2) is 6.37. The maximum Gasteiger partial charge on any atom is 0.413 e. The maximum atomic E-state index is 12.7. The van der Waals surface area contributed by atoms with Gasteiger partial charge in [-0.15, -0.1) is 0 Å². The fraction of sp³-hybridized carbons (Fsp3) is 0.632. The zero-order valence-corrected chi connectivity index (χ0v) is 15.5. The molecule has 2 rings (SSSR count). The summed E-state index contributed by atoms with van der Waals surface area (Å²) < 4.78 is 11.3. The van der Waals surface area contributed by atoms with Crippen molar-refractivity contribution in [2.45, 2.75) is 70.9 Å². The van der Waals surface area contributed by atoms with Gasteiger partial charge >= 0.3 is 6.09 Å². The molecule has 0 aliphatic carbocycles. The van der Waals surface area contributed by atoms with Crippen molar-refractivity contribution in [2.75, 3.05) is 6.61 Å². The highest BCUT2D eigenvalue weighted by atomic mass is 16.6. The summed E-state index contributed by atoms with van der Waals surface area (Å²) >= 11 is 0. The summed E-state index contributed by atoms with van der Waals surface area (Å²) in [5.74, 6) is 0. The Morgan fingerprint density at radius 3 is 2.42 bits per heavy atom. The zero-order chi connectivity index (χ0) is 18.2. The van der Waals surface area contributed by atoms with Gasteiger partial charge in [-0.2, -0.15) is 0 Å². The van der Waals surface area contributed by atoms with E-state index in [1.807, 2.05) is 65.0 Å². The molecule has 0 saturated carbocycles. The molecule has 1 unspecified atom stereocenters. The van der Waals surface area contributed by atoms with Crippen LogP contribution in [0.5, 0.6) is 0 Å². The van der Waals surface area contributed by atoms with Gasteiger partial charge < -0.3 is 14.6 Å². The van der Waals surface area contributed by atoms with Gasteiger partial charge in [0.1, 0.15) is 11.3 Å². The summed E-state index contributed by atoms with van der Waals surface area (Å²) in [7, 11) is 0. The van der Waals surface area contributed by atoms with E-state index in [9.17, 15) is 9.90 Å². The van der Waals surface area contributed by atoms with Crippen molar-refractivity contribution < 1.29 is 19.4 Å². The number of hydrogen-bond acceptors (Lipinski definition) is 4. The third-order valence-electron chi connectivity index (χ3n) is 4.20. The summed E-state index contributed by atoms with van der Waals surface area (Å²) in [5.41, 5.74) is -1.55. The lowest BCUT2D eigenvalue weighted by Gasteiger charge is -2.40. The summed E-state index contributed by atoms with van der Waals surface area (Å²) in [6, 6.07) is 9.26. The first-order chi connectivity index (χ1) is 10.9. The molecule has 1 N–H and O–H groups in total. The Kier molecular flexibility index (Phi) is 4.98. The maximum absolute atomic E-state index is 12.7. The lowest BCUT2D eigenvalue weighted by atomic mass is 9.88. The Labute approximate surface area is 144 Å². The van der Waals surface area contributed by atoms with Crippen molar-refractivity contribution in [3.8, 4) is 0 Å². The topological polar surface area (TPSA) is 59.0 Å². The minimum Gasteiger partial charge on any atom is -0.444 e. The second-order valence-electron chi connectivity index (χ2n) is 8.14. The van der Waals surface area contributed by atoms with Gasteiger partial charge in [0.05, 0.1) is 18.2 Å². The fourth-order valence-electron chi connectivity index (χ4n) is 3.05. The number of carbonyl (C=O) groups excluding carboxylic acids is 1. The summed E-state index contributed by atoms with van der Waals surface area (Å²) in [5, 5.41) is 11.1. The number of aliphatic hydroxyl groups is 1. The van der Waals surface area contributed by atoms with E-state index >= 15 is 0 Å². The standard InChI is InChI=1S/C19H29NO4/c1-17(2,3)24-16(21)20-15(13-23-18(20,4)5)19(6,22)12-14-10-8-7-9-11-14/h7-11,15,22H,12-13H2,1-6H3/t15?,19-/m1/s1. The first-order valence-corrected chi connectivity index (χ1v) is 8.35. The quantitative estimate of drug-likeness (QED) is 0.920. The molecule has 5 heteroatoms. The third kappa shape index (κ3) is 4.28. The number of amides is 1. The molecule has 1 saturated heterocycles. The van der Waals surface area contributed by atoms with Crippen LogP contribution >= 0.6 is 0 Å². The molecule has 1 aromatic rings. The summed E-state index contributed by atoms with van der Waals surface area (Å²) in [6.45, 7) is 11.1. The van der Waals surface area contributed by atoms with Crippen molar-refractivity contribution in [2.24, 2.45) is 0 Å². The van der Waals surface area contributed by atoms with Gasteiger partial charge in [-0.3, -0.25) is 4.90 Å². The molecule has 5 nitrogen and oxygen atoms in total. The Bertz CT molecular complexity index is 575. The minimum atomic E-state index is -1.13. The van der Waals surface area contributed by atoms with E-state index in [1.165, 1.54) is 4.90 Å². The van der Waals surface area contributed by atoms with Crippen LogP contribution in [0.25, 0.3) is 0 Å². The van der Waals surface area contributed by atoms with Crippen LogP contribution in [-0.4, -0.2) is 45.7 Å². The zero-order valence-electron chi connectivity index (χ0n) is 15.5. The van der Waals surface area contributed by atoms with E-state index < -0.39 is 29.1 Å². The summed E-state index contributed by atoms with van der Waals surface area (Å²) in [4.78, 5) is 14.2. The second-order valence-corrected chi connectivity index (χ2v) is 8.14. The highest BCUT2D eigenvalue weighted by Crippen LogP contribution is 2.35. The average Bonchev–Trinajstić information content (AvgIpc) is 2.74. The van der Waals surface area contributed by atoms with Crippen LogP contribution in [0.3, 0.4) is 0 Å². The molecule has 1 fully saturated rings. The van der Waals surface area contributed by atoms with Crippen molar-refractivity contribution in [3.63, 3.8) is 0 Å². The van der Waals surface area contributed by atoms with Crippen LogP contribution in [0.4, 0.5) is 4.79 Å². The van der Waals surface area contributed by atoms with Crippen molar-refractivity contribution in [1.29, 1.82) is 0 Å². The average molecular weight is 335 g/mol. The lowest BCUT2D eigenvalue weighted by molar-refractivity contribution is -0.0785. The molecule has 0 radical (unpaired) electrons. The summed E-state index contributed by atoms with van der Waals surface area (Å²) in [6.07, 6.45) is -0.0413. The number of hydrogen-bond donors (Lipinski definition) is 1. The van der Waals surface area contributed by atoms with Crippen LogP contribution in [0.2, 0.25) is 0 Å². The SMILES string of the molecule is CC(C)(C)OC(=O)N1C([C@](C)(O)Cc2ccccc2)COC1(C)C. The largest absolute Gasteiger partial charge is 0.444 e. The molecule has 24 heavy (non-hydrogen) atoms. The first-order valence-electron chi connectivity index (χ1n) is 8.35. The molecule has 0 spiro atoms. The molecule has 1 aliphatic heterocycles. The first kappa shape index (κ1) is 18.7. The molecular weight excluding hydrogens is 306 g/mol. The Hall–Kier alpha value is -1.59. The smallest absolute Gasteiger partial charge is 0.413 e. The Morgan fingerprint density at radius 2 is 1.88 bits per heavy atom. The molecule has 1 amide bonds. The number of rotatable bonds is 3. The third-order valence-corrected chi connectivity index (χ3v) is 4.20. The highest BCUT2D eigenvalue weighted by molar-refractivity contribution is 5.70. The molecule has 134 valence electrons. The van der Waals surface area contributed by atoms with Gasteiger partial charge in [0.2, 0.25) is 0 Å². The van der Waals surface area contributed by atoms with E-state index in [1.54, 1.807) is 6.92 Å². The van der Waals surface area contributed by atoms with Crippen LogP contribution in [-0.2, 0) is 15.9 Å². The highest BCUT2D eigenvalue weighted by Gasteiger charge is 2.52.